The number of ether oxygens (including phenoxy) is 1. The Bertz CT molecular complexity index is 1730. The summed E-state index contributed by atoms with van der Waals surface area (Å²) < 4.78 is 8.46. The Morgan fingerprint density at radius 1 is 0.829 bits per heavy atom. The normalized spacial score (nSPS) is 16.6. The van der Waals surface area contributed by atoms with Crippen molar-refractivity contribution in [2.24, 2.45) is 0 Å². The van der Waals surface area contributed by atoms with Crippen molar-refractivity contribution in [1.29, 1.82) is 0 Å². The van der Waals surface area contributed by atoms with E-state index in [1.807, 2.05) is 79.9 Å². The molecule has 6 rings (SSSR count). The quantitative estimate of drug-likeness (QED) is 0.204. The van der Waals surface area contributed by atoms with Gasteiger partial charge in [-0.3, -0.25) is 4.98 Å². The van der Waals surface area contributed by atoms with Crippen molar-refractivity contribution in [2.75, 3.05) is 4.90 Å². The number of halogens is 1. The fourth-order valence-electron chi connectivity index (χ4n) is 5.84. The minimum Gasteiger partial charge on any atom is -0.457 e. The average Bonchev–Trinajstić information content (AvgIpc) is 3.42. The van der Waals surface area contributed by atoms with Gasteiger partial charge in [0.1, 0.15) is 11.5 Å². The van der Waals surface area contributed by atoms with Crippen molar-refractivity contribution in [3.63, 3.8) is 0 Å². The van der Waals surface area contributed by atoms with Crippen LogP contribution in [0.3, 0.4) is 0 Å². The predicted octanol–water partition coefficient (Wildman–Crippen LogP) is 8.73. The Morgan fingerprint density at radius 2 is 1.59 bits per heavy atom. The number of pyridine rings is 1. The number of aromatic nitrogens is 2. The van der Waals surface area contributed by atoms with Crippen LogP contribution < -0.4 is 15.0 Å². The summed E-state index contributed by atoms with van der Waals surface area (Å²) in [4.78, 5) is 6.95. The van der Waals surface area contributed by atoms with Crippen LogP contribution in [0.4, 0.5) is 5.69 Å². The second-order valence-electron chi connectivity index (χ2n) is 10.4. The molecule has 0 spiro atoms. The number of nitrogens with one attached hydrogen (secondary N) is 1. The van der Waals surface area contributed by atoms with Crippen LogP contribution in [0, 0.1) is 27.7 Å². The lowest BCUT2D eigenvalue weighted by Crippen LogP contribution is -2.29. The molecule has 1 N–H and O–H groups in total. The molecule has 0 saturated carbocycles. The van der Waals surface area contributed by atoms with E-state index in [9.17, 15) is 0 Å². The highest BCUT2D eigenvalue weighted by Crippen LogP contribution is 2.45. The number of nitrogens with zero attached hydrogens (tertiary/aromatic N) is 3. The molecule has 0 amide bonds. The van der Waals surface area contributed by atoms with Gasteiger partial charge in [-0.25, -0.2) is 0 Å². The van der Waals surface area contributed by atoms with E-state index < -0.39 is 0 Å². The number of rotatable bonds is 6. The minimum atomic E-state index is -0.140. The van der Waals surface area contributed by atoms with E-state index in [-0.39, 0.29) is 12.1 Å². The SMILES string of the molecule is Cc1ccccc1Oc1ccc(N2C(=S)N[C@@H](c3ccccn3)[C@H]2c2c(C)c(C)n(-c3cccc(Cl)c3)c2C)cc1. The van der Waals surface area contributed by atoms with Crippen LogP contribution in [-0.4, -0.2) is 14.7 Å². The molecule has 2 aromatic heterocycles. The summed E-state index contributed by atoms with van der Waals surface area (Å²) in [5, 5.41) is 4.96. The maximum absolute atomic E-state index is 6.40. The molecule has 1 aliphatic heterocycles. The van der Waals surface area contributed by atoms with Crippen LogP contribution in [0.15, 0.2) is 97.2 Å². The van der Waals surface area contributed by atoms with Gasteiger partial charge in [0.2, 0.25) is 0 Å². The van der Waals surface area contributed by atoms with Crippen LogP contribution in [0.1, 0.15) is 45.9 Å². The molecule has 41 heavy (non-hydrogen) atoms. The van der Waals surface area contributed by atoms with Gasteiger partial charge >= 0.3 is 0 Å². The van der Waals surface area contributed by atoms with Gasteiger partial charge in [0.25, 0.3) is 0 Å². The van der Waals surface area contributed by atoms with Crippen molar-refractivity contribution in [3.05, 3.63) is 136 Å². The smallest absolute Gasteiger partial charge is 0.174 e. The third-order valence-corrected chi connectivity index (χ3v) is 8.45. The molecule has 7 heteroatoms. The van der Waals surface area contributed by atoms with Gasteiger partial charge in [-0.1, -0.05) is 41.9 Å². The van der Waals surface area contributed by atoms with E-state index >= 15 is 0 Å². The average molecular weight is 579 g/mol. The Hall–Kier alpha value is -4.13. The van der Waals surface area contributed by atoms with Crippen molar-refractivity contribution < 1.29 is 4.74 Å². The number of thiocarbonyl (C=S) groups is 1. The fraction of sp³-hybridized carbons (Fsp3) is 0.176. The molecule has 0 bridgehead atoms. The molecular weight excluding hydrogens is 548 g/mol. The highest BCUT2D eigenvalue weighted by molar-refractivity contribution is 7.80. The zero-order valence-corrected chi connectivity index (χ0v) is 25.0. The summed E-state index contributed by atoms with van der Waals surface area (Å²) in [5.74, 6) is 1.62. The van der Waals surface area contributed by atoms with Gasteiger partial charge in [-0.2, -0.15) is 0 Å². The predicted molar refractivity (Wildman–Crippen MR) is 171 cm³/mol. The van der Waals surface area contributed by atoms with E-state index in [4.69, 9.17) is 33.5 Å². The van der Waals surface area contributed by atoms with Gasteiger partial charge in [0.15, 0.2) is 5.11 Å². The van der Waals surface area contributed by atoms with Crippen molar-refractivity contribution >= 4 is 34.6 Å². The van der Waals surface area contributed by atoms with Gasteiger partial charge in [-0.05, 0) is 112 Å². The molecule has 5 nitrogen and oxygen atoms in total. The Kier molecular flexibility index (Phi) is 7.28. The Balaban J connectivity index is 1.45. The number of hydrogen-bond acceptors (Lipinski definition) is 3. The molecule has 1 fully saturated rings. The Morgan fingerprint density at radius 3 is 2.29 bits per heavy atom. The van der Waals surface area contributed by atoms with E-state index in [0.717, 1.165) is 39.8 Å². The highest BCUT2D eigenvalue weighted by atomic mass is 35.5. The van der Waals surface area contributed by atoms with Crippen LogP contribution in [-0.2, 0) is 0 Å². The third kappa shape index (κ3) is 4.98. The van der Waals surface area contributed by atoms with Crippen LogP contribution in [0.5, 0.6) is 11.5 Å². The number of benzene rings is 3. The van der Waals surface area contributed by atoms with Crippen LogP contribution in [0.25, 0.3) is 5.69 Å². The van der Waals surface area contributed by atoms with E-state index in [1.54, 1.807) is 0 Å². The fourth-order valence-corrected chi connectivity index (χ4v) is 6.37. The first-order valence-corrected chi connectivity index (χ1v) is 14.4. The van der Waals surface area contributed by atoms with E-state index in [1.165, 1.54) is 16.8 Å². The molecule has 2 atom stereocenters. The first kappa shape index (κ1) is 27.1. The number of aryl methyl sites for hydroxylation is 1. The monoisotopic (exact) mass is 578 g/mol. The first-order valence-electron chi connectivity index (χ1n) is 13.6. The standard InChI is InChI=1S/C34H31ClN4OS/c1-21-10-5-6-14-30(21)40-28-17-15-26(16-18-28)39-33(32(37-34(39)41)29-13-7-8-19-36-29)31-22(2)23(3)38(24(31)4)27-12-9-11-25(35)20-27/h5-20,32-33H,1-4H3,(H,37,41)/t32-,33+/m0/s1. The zero-order chi connectivity index (χ0) is 28.7. The summed E-state index contributed by atoms with van der Waals surface area (Å²) in [6.07, 6.45) is 1.83. The van der Waals surface area contributed by atoms with Crippen molar-refractivity contribution in [1.82, 2.24) is 14.9 Å². The molecule has 1 aliphatic rings. The largest absolute Gasteiger partial charge is 0.457 e. The molecule has 0 radical (unpaired) electrons. The summed E-state index contributed by atoms with van der Waals surface area (Å²) in [5.41, 5.74) is 8.78. The van der Waals surface area contributed by atoms with E-state index in [2.05, 4.69) is 59.8 Å². The maximum atomic E-state index is 6.40. The number of hydrogen-bond donors (Lipinski definition) is 1. The first-order chi connectivity index (χ1) is 19.8. The second kappa shape index (κ2) is 11.0. The van der Waals surface area contributed by atoms with Gasteiger partial charge in [0.05, 0.1) is 17.8 Å². The van der Waals surface area contributed by atoms with Gasteiger partial charge in [0, 0.05) is 39.5 Å². The highest BCUT2D eigenvalue weighted by Gasteiger charge is 2.43. The topological polar surface area (TPSA) is 42.3 Å². The zero-order valence-electron chi connectivity index (χ0n) is 23.4. The lowest BCUT2D eigenvalue weighted by atomic mass is 9.93. The molecule has 3 heterocycles. The molecule has 3 aromatic carbocycles. The molecule has 0 aliphatic carbocycles. The minimum absolute atomic E-state index is 0.125. The molecule has 206 valence electrons. The van der Waals surface area contributed by atoms with Crippen LogP contribution in [0.2, 0.25) is 5.02 Å². The molecule has 0 unspecified atom stereocenters. The van der Waals surface area contributed by atoms with Gasteiger partial charge in [-0.15, -0.1) is 0 Å². The van der Waals surface area contributed by atoms with Crippen LogP contribution >= 0.6 is 23.8 Å². The Labute approximate surface area is 251 Å². The second-order valence-corrected chi connectivity index (χ2v) is 11.2. The summed E-state index contributed by atoms with van der Waals surface area (Å²) >= 11 is 12.4. The third-order valence-electron chi connectivity index (χ3n) is 7.90. The summed E-state index contributed by atoms with van der Waals surface area (Å²) in [7, 11) is 0. The number of anilines is 1. The van der Waals surface area contributed by atoms with Crippen molar-refractivity contribution in [3.8, 4) is 17.2 Å². The molecule has 5 aromatic rings. The lowest BCUT2D eigenvalue weighted by Gasteiger charge is -2.29. The number of para-hydroxylation sites is 1. The summed E-state index contributed by atoms with van der Waals surface area (Å²) in [6.45, 7) is 8.56. The summed E-state index contributed by atoms with van der Waals surface area (Å²) in [6, 6.07) is 29.9. The maximum Gasteiger partial charge on any atom is 0.174 e. The lowest BCUT2D eigenvalue weighted by molar-refractivity contribution is 0.479. The molecular formula is C34H31ClN4OS. The van der Waals surface area contributed by atoms with Gasteiger partial charge < -0.3 is 19.5 Å². The van der Waals surface area contributed by atoms with E-state index in [0.29, 0.717) is 10.1 Å². The van der Waals surface area contributed by atoms with Crippen molar-refractivity contribution in [2.45, 2.75) is 39.8 Å². The molecule has 1 saturated heterocycles.